The number of carbonyl (C=O) groups is 1. The summed E-state index contributed by atoms with van der Waals surface area (Å²) in [6, 6.07) is 22.2. The van der Waals surface area contributed by atoms with Crippen LogP contribution >= 0.6 is 23.4 Å². The molecule has 0 saturated heterocycles. The van der Waals surface area contributed by atoms with Crippen LogP contribution in [0.5, 0.6) is 11.5 Å². The van der Waals surface area contributed by atoms with Gasteiger partial charge in [0.1, 0.15) is 0 Å². The number of aromatic nitrogens is 3. The summed E-state index contributed by atoms with van der Waals surface area (Å²) in [6.07, 6.45) is 0. The van der Waals surface area contributed by atoms with Crippen LogP contribution in [0.3, 0.4) is 0 Å². The van der Waals surface area contributed by atoms with Gasteiger partial charge >= 0.3 is 0 Å². The van der Waals surface area contributed by atoms with Crippen molar-refractivity contribution in [2.75, 3.05) is 20.0 Å². The number of thioether (sulfide) groups is 1. The number of ketones is 1. The van der Waals surface area contributed by atoms with Crippen LogP contribution in [0.25, 0.3) is 17.1 Å². The van der Waals surface area contributed by atoms with Crippen molar-refractivity contribution >= 4 is 29.1 Å². The van der Waals surface area contributed by atoms with Crippen molar-refractivity contribution in [2.45, 2.75) is 5.16 Å². The van der Waals surface area contributed by atoms with Gasteiger partial charge in [0.2, 0.25) is 0 Å². The first-order valence-electron chi connectivity index (χ1n) is 9.75. The topological polar surface area (TPSA) is 66.2 Å². The zero-order valence-electron chi connectivity index (χ0n) is 17.5. The van der Waals surface area contributed by atoms with Gasteiger partial charge in [-0.3, -0.25) is 9.36 Å². The summed E-state index contributed by atoms with van der Waals surface area (Å²) in [5, 5.41) is 10.0. The molecule has 4 aromatic rings. The maximum Gasteiger partial charge on any atom is 0.196 e. The van der Waals surface area contributed by atoms with Gasteiger partial charge in [0.05, 0.1) is 20.0 Å². The van der Waals surface area contributed by atoms with Crippen molar-refractivity contribution in [3.8, 4) is 28.6 Å². The zero-order chi connectivity index (χ0) is 22.5. The van der Waals surface area contributed by atoms with Crippen LogP contribution in [0.4, 0.5) is 0 Å². The Morgan fingerprint density at radius 2 is 1.66 bits per heavy atom. The predicted octanol–water partition coefficient (Wildman–Crippen LogP) is 5.58. The van der Waals surface area contributed by atoms with Crippen molar-refractivity contribution < 1.29 is 14.3 Å². The molecule has 1 heterocycles. The lowest BCUT2D eigenvalue weighted by Crippen LogP contribution is -2.05. The molecule has 0 bridgehead atoms. The van der Waals surface area contributed by atoms with Gasteiger partial charge in [-0.15, -0.1) is 10.2 Å². The van der Waals surface area contributed by atoms with Crippen LogP contribution in [0.1, 0.15) is 10.4 Å². The maximum atomic E-state index is 12.7. The molecule has 4 rings (SSSR count). The van der Waals surface area contributed by atoms with E-state index in [9.17, 15) is 4.79 Å². The smallest absolute Gasteiger partial charge is 0.196 e. The second-order valence-electron chi connectivity index (χ2n) is 6.77. The Labute approximate surface area is 195 Å². The fourth-order valence-corrected chi connectivity index (χ4v) is 4.16. The number of benzene rings is 3. The molecule has 0 atom stereocenters. The van der Waals surface area contributed by atoms with Crippen molar-refractivity contribution in [3.63, 3.8) is 0 Å². The van der Waals surface area contributed by atoms with Crippen molar-refractivity contribution in [3.05, 3.63) is 83.4 Å². The fraction of sp³-hybridized carbons (Fsp3) is 0.125. The number of hydrogen-bond donors (Lipinski definition) is 0. The highest BCUT2D eigenvalue weighted by molar-refractivity contribution is 7.99. The molecule has 162 valence electrons. The first-order chi connectivity index (χ1) is 15.6. The van der Waals surface area contributed by atoms with Gasteiger partial charge < -0.3 is 9.47 Å². The van der Waals surface area contributed by atoms with E-state index in [1.807, 2.05) is 53.1 Å². The molecule has 0 amide bonds. The minimum Gasteiger partial charge on any atom is -0.493 e. The molecule has 0 aliphatic rings. The third kappa shape index (κ3) is 4.64. The van der Waals surface area contributed by atoms with E-state index in [4.69, 9.17) is 21.1 Å². The van der Waals surface area contributed by atoms with Crippen LogP contribution in [-0.4, -0.2) is 40.5 Å². The summed E-state index contributed by atoms with van der Waals surface area (Å²) in [4.78, 5) is 12.7. The molecule has 1 aromatic heterocycles. The molecule has 0 radical (unpaired) electrons. The molecule has 0 aliphatic heterocycles. The van der Waals surface area contributed by atoms with Crippen LogP contribution in [0.15, 0.2) is 78.0 Å². The predicted molar refractivity (Wildman–Crippen MR) is 126 cm³/mol. The molecule has 3 aromatic carbocycles. The molecule has 0 unspecified atom stereocenters. The van der Waals surface area contributed by atoms with Crippen molar-refractivity contribution in [2.24, 2.45) is 0 Å². The van der Waals surface area contributed by atoms with E-state index < -0.39 is 0 Å². The molecule has 0 saturated carbocycles. The first kappa shape index (κ1) is 21.9. The average molecular weight is 466 g/mol. The van der Waals surface area contributed by atoms with E-state index in [1.165, 1.54) is 11.8 Å². The Balaban J connectivity index is 1.69. The summed E-state index contributed by atoms with van der Waals surface area (Å²) in [5.74, 6) is 2.07. The number of ether oxygens (including phenoxy) is 2. The third-order valence-corrected chi connectivity index (χ3v) is 5.97. The van der Waals surface area contributed by atoms with E-state index in [2.05, 4.69) is 10.2 Å². The lowest BCUT2D eigenvalue weighted by atomic mass is 10.1. The number of hydrogen-bond acceptors (Lipinski definition) is 6. The van der Waals surface area contributed by atoms with Gasteiger partial charge in [0.25, 0.3) is 0 Å². The Hall–Kier alpha value is -3.29. The summed E-state index contributed by atoms with van der Waals surface area (Å²) in [7, 11) is 3.18. The van der Waals surface area contributed by atoms with Crippen molar-refractivity contribution in [1.29, 1.82) is 0 Å². The highest BCUT2D eigenvalue weighted by Crippen LogP contribution is 2.34. The minimum absolute atomic E-state index is 0.0121. The second kappa shape index (κ2) is 9.89. The maximum absolute atomic E-state index is 12.7. The molecular weight excluding hydrogens is 446 g/mol. The fourth-order valence-electron chi connectivity index (χ4n) is 3.18. The van der Waals surface area contributed by atoms with E-state index in [0.717, 1.165) is 11.3 Å². The monoisotopic (exact) mass is 465 g/mol. The Morgan fingerprint density at radius 1 is 0.938 bits per heavy atom. The zero-order valence-corrected chi connectivity index (χ0v) is 19.1. The van der Waals surface area contributed by atoms with E-state index in [-0.39, 0.29) is 11.5 Å². The molecular formula is C24H20ClN3O3S. The SMILES string of the molecule is COc1ccc(-c2nnc(SCC(=O)c3ccc(Cl)cc3)n2-c2ccccc2)cc1OC. The lowest BCUT2D eigenvalue weighted by Gasteiger charge is -2.12. The summed E-state index contributed by atoms with van der Waals surface area (Å²) in [6.45, 7) is 0. The standard InChI is InChI=1S/C24H20ClN3O3S/c1-30-21-13-10-17(14-22(21)31-2)23-26-27-24(28(23)19-6-4-3-5-7-19)32-15-20(29)16-8-11-18(25)12-9-16/h3-14H,15H2,1-2H3. The van der Waals surface area contributed by atoms with E-state index >= 15 is 0 Å². The second-order valence-corrected chi connectivity index (χ2v) is 8.14. The average Bonchev–Trinajstić information content (AvgIpc) is 3.27. The number of carbonyl (C=O) groups excluding carboxylic acids is 1. The highest BCUT2D eigenvalue weighted by atomic mass is 35.5. The normalized spacial score (nSPS) is 10.7. The number of methoxy groups -OCH3 is 2. The number of Topliss-reactive ketones (excluding diaryl/α,β-unsaturated/α-hetero) is 1. The quantitative estimate of drug-likeness (QED) is 0.250. The van der Waals surface area contributed by atoms with Gasteiger partial charge in [0, 0.05) is 21.8 Å². The summed E-state index contributed by atoms with van der Waals surface area (Å²) >= 11 is 7.26. The van der Waals surface area contributed by atoms with Crippen LogP contribution in [0.2, 0.25) is 5.02 Å². The Bertz CT molecular complexity index is 1230. The number of halogens is 1. The number of rotatable bonds is 8. The summed E-state index contributed by atoms with van der Waals surface area (Å²) < 4.78 is 12.7. The number of nitrogens with zero attached hydrogens (tertiary/aromatic N) is 3. The highest BCUT2D eigenvalue weighted by Gasteiger charge is 2.19. The van der Waals surface area contributed by atoms with E-state index in [0.29, 0.717) is 33.1 Å². The molecule has 0 N–H and O–H groups in total. The molecule has 0 aliphatic carbocycles. The Morgan fingerprint density at radius 3 is 2.34 bits per heavy atom. The minimum atomic E-state index is -0.0121. The van der Waals surface area contributed by atoms with Gasteiger partial charge in [-0.2, -0.15) is 0 Å². The van der Waals surface area contributed by atoms with Crippen molar-refractivity contribution in [1.82, 2.24) is 14.8 Å². The van der Waals surface area contributed by atoms with Gasteiger partial charge in [-0.1, -0.05) is 41.6 Å². The summed E-state index contributed by atoms with van der Waals surface area (Å²) in [5.41, 5.74) is 2.31. The molecule has 0 spiro atoms. The van der Waals surface area contributed by atoms with Gasteiger partial charge in [-0.25, -0.2) is 0 Å². The molecule has 8 heteroatoms. The van der Waals surface area contributed by atoms with E-state index in [1.54, 1.807) is 38.5 Å². The van der Waals surface area contributed by atoms with Crippen LogP contribution in [-0.2, 0) is 0 Å². The van der Waals surface area contributed by atoms with Crippen LogP contribution in [0, 0.1) is 0 Å². The van der Waals surface area contributed by atoms with Crippen LogP contribution < -0.4 is 9.47 Å². The largest absolute Gasteiger partial charge is 0.493 e. The molecule has 0 fully saturated rings. The van der Waals surface area contributed by atoms with Gasteiger partial charge in [0.15, 0.2) is 28.3 Å². The number of para-hydroxylation sites is 1. The molecule has 6 nitrogen and oxygen atoms in total. The first-order valence-corrected chi connectivity index (χ1v) is 11.1. The Kier molecular flexibility index (Phi) is 6.78. The lowest BCUT2D eigenvalue weighted by molar-refractivity contribution is 0.102. The van der Waals surface area contributed by atoms with Gasteiger partial charge in [-0.05, 0) is 54.6 Å². The third-order valence-electron chi connectivity index (χ3n) is 4.79. The molecule has 32 heavy (non-hydrogen) atoms.